The lowest BCUT2D eigenvalue weighted by Gasteiger charge is -2.43. The van der Waals surface area contributed by atoms with E-state index >= 15 is 0 Å². The van der Waals surface area contributed by atoms with Gasteiger partial charge in [-0.2, -0.15) is 0 Å². The lowest BCUT2D eigenvalue weighted by Crippen LogP contribution is -2.55. The van der Waals surface area contributed by atoms with Gasteiger partial charge in [-0.05, 0) is 19.0 Å². The predicted molar refractivity (Wildman–Crippen MR) is 78.2 cm³/mol. The largest absolute Gasteiger partial charge is 0.347 e. The predicted octanol–water partition coefficient (Wildman–Crippen LogP) is 1.74. The van der Waals surface area contributed by atoms with E-state index in [2.05, 4.69) is 36.2 Å². The molecule has 2 atom stereocenters. The van der Waals surface area contributed by atoms with Gasteiger partial charge in [0.25, 0.3) is 0 Å². The van der Waals surface area contributed by atoms with E-state index < -0.39 is 0 Å². The second-order valence-corrected chi connectivity index (χ2v) is 5.98. The summed E-state index contributed by atoms with van der Waals surface area (Å²) in [5, 5.41) is 0. The van der Waals surface area contributed by atoms with E-state index in [-0.39, 0.29) is 11.8 Å². The van der Waals surface area contributed by atoms with Crippen LogP contribution in [0.5, 0.6) is 0 Å². The number of ether oxygens (including phenoxy) is 2. The Hall–Kier alpha value is -0.940. The highest BCUT2D eigenvalue weighted by molar-refractivity contribution is 5.14. The van der Waals surface area contributed by atoms with Gasteiger partial charge in [0.2, 0.25) is 0 Å². The molecule has 1 aromatic carbocycles. The molecule has 0 amide bonds. The van der Waals surface area contributed by atoms with Gasteiger partial charge in [0, 0.05) is 31.5 Å². The van der Waals surface area contributed by atoms with Gasteiger partial charge < -0.3 is 15.2 Å². The molecule has 1 saturated carbocycles. The van der Waals surface area contributed by atoms with Crippen LogP contribution in [0.2, 0.25) is 0 Å². The number of nitrogens with two attached hydrogens (primary N) is 1. The highest BCUT2D eigenvalue weighted by Crippen LogP contribution is 2.37. The summed E-state index contributed by atoms with van der Waals surface area (Å²) in [6, 6.07) is 11.0. The molecule has 0 aromatic heterocycles. The van der Waals surface area contributed by atoms with Crippen molar-refractivity contribution in [1.29, 1.82) is 0 Å². The van der Waals surface area contributed by atoms with Crippen LogP contribution < -0.4 is 5.73 Å². The van der Waals surface area contributed by atoms with E-state index in [0.717, 1.165) is 25.8 Å². The Balaban J connectivity index is 1.67. The maximum atomic E-state index is 6.33. The molecule has 1 aliphatic carbocycles. The molecule has 1 heterocycles. The summed E-state index contributed by atoms with van der Waals surface area (Å²) in [4.78, 5) is 2.34. The third kappa shape index (κ3) is 2.88. The average Bonchev–Trinajstić information content (AvgIpc) is 2.91. The zero-order valence-electron chi connectivity index (χ0n) is 12.1. The first-order valence-corrected chi connectivity index (χ1v) is 7.46. The lowest BCUT2D eigenvalue weighted by molar-refractivity contribution is -0.191. The van der Waals surface area contributed by atoms with Crippen molar-refractivity contribution in [3.63, 3.8) is 0 Å². The van der Waals surface area contributed by atoms with Crippen LogP contribution in [-0.2, 0) is 16.0 Å². The highest BCUT2D eigenvalue weighted by atomic mass is 16.7. The molecular weight excluding hydrogens is 252 g/mol. The van der Waals surface area contributed by atoms with Gasteiger partial charge >= 0.3 is 0 Å². The van der Waals surface area contributed by atoms with Gasteiger partial charge in [-0.3, -0.25) is 4.90 Å². The van der Waals surface area contributed by atoms with Gasteiger partial charge in [0.05, 0.1) is 13.2 Å². The molecular formula is C16H24N2O2. The second kappa shape index (κ2) is 5.82. The van der Waals surface area contributed by atoms with Crippen molar-refractivity contribution in [2.45, 2.75) is 43.7 Å². The first kappa shape index (κ1) is 14.0. The molecule has 4 nitrogen and oxygen atoms in total. The van der Waals surface area contributed by atoms with Gasteiger partial charge in [-0.1, -0.05) is 30.3 Å². The average molecular weight is 276 g/mol. The molecule has 1 aromatic rings. The summed E-state index contributed by atoms with van der Waals surface area (Å²) >= 11 is 0. The fraction of sp³-hybridized carbons (Fsp3) is 0.625. The van der Waals surface area contributed by atoms with E-state index in [4.69, 9.17) is 15.2 Å². The first-order valence-electron chi connectivity index (χ1n) is 7.46. The molecule has 0 bridgehead atoms. The van der Waals surface area contributed by atoms with Crippen molar-refractivity contribution in [3.05, 3.63) is 35.9 Å². The van der Waals surface area contributed by atoms with Crippen LogP contribution in [0.3, 0.4) is 0 Å². The summed E-state index contributed by atoms with van der Waals surface area (Å²) < 4.78 is 11.7. The molecule has 0 radical (unpaired) electrons. The molecule has 110 valence electrons. The van der Waals surface area contributed by atoms with Crippen molar-refractivity contribution in [3.8, 4) is 0 Å². The minimum atomic E-state index is -0.370. The second-order valence-electron chi connectivity index (χ2n) is 5.98. The number of likely N-dealkylation sites (N-methyl/N-ethyl adjacent to an activating group) is 1. The normalized spacial score (nSPS) is 29.1. The Bertz CT molecular complexity index is 431. The van der Waals surface area contributed by atoms with Crippen LogP contribution in [0.15, 0.2) is 30.3 Å². The van der Waals surface area contributed by atoms with Crippen molar-refractivity contribution in [1.82, 2.24) is 4.90 Å². The Morgan fingerprint density at radius 1 is 1.25 bits per heavy atom. The summed E-state index contributed by atoms with van der Waals surface area (Å²) in [5.74, 6) is -0.370. The lowest BCUT2D eigenvalue weighted by atomic mass is 9.85. The van der Waals surface area contributed by atoms with E-state index in [9.17, 15) is 0 Å². The number of rotatable bonds is 3. The number of nitrogens with zero attached hydrogens (tertiary/aromatic N) is 1. The minimum absolute atomic E-state index is 0.196. The van der Waals surface area contributed by atoms with E-state index in [0.29, 0.717) is 19.3 Å². The summed E-state index contributed by atoms with van der Waals surface area (Å²) in [7, 11) is 2.14. The monoisotopic (exact) mass is 276 g/mol. The van der Waals surface area contributed by atoms with Gasteiger partial charge in [0.15, 0.2) is 5.79 Å². The fourth-order valence-corrected chi connectivity index (χ4v) is 3.38. The minimum Gasteiger partial charge on any atom is -0.347 e. The SMILES string of the molecule is CN(Cc1ccccc1)C1CC2(CCC1N)OCCO2. The van der Waals surface area contributed by atoms with Gasteiger partial charge in [-0.15, -0.1) is 0 Å². The van der Waals surface area contributed by atoms with Crippen LogP contribution >= 0.6 is 0 Å². The molecule has 4 heteroatoms. The van der Waals surface area contributed by atoms with E-state index in [1.807, 2.05) is 6.07 Å². The maximum absolute atomic E-state index is 6.33. The molecule has 3 rings (SSSR count). The number of benzene rings is 1. The summed E-state index contributed by atoms with van der Waals surface area (Å²) in [5.41, 5.74) is 7.65. The van der Waals surface area contributed by atoms with Crippen molar-refractivity contribution in [2.24, 2.45) is 5.73 Å². The molecule has 2 N–H and O–H groups in total. The molecule has 20 heavy (non-hydrogen) atoms. The maximum Gasteiger partial charge on any atom is 0.170 e. The Morgan fingerprint density at radius 3 is 2.65 bits per heavy atom. The fourth-order valence-electron chi connectivity index (χ4n) is 3.38. The quantitative estimate of drug-likeness (QED) is 0.913. The number of hydrogen-bond acceptors (Lipinski definition) is 4. The Kier molecular flexibility index (Phi) is 4.08. The molecule has 2 fully saturated rings. The molecule has 2 unspecified atom stereocenters. The Labute approximate surface area is 120 Å². The van der Waals surface area contributed by atoms with E-state index in [1.54, 1.807) is 0 Å². The van der Waals surface area contributed by atoms with Crippen LogP contribution in [0.25, 0.3) is 0 Å². The van der Waals surface area contributed by atoms with Gasteiger partial charge in [0.1, 0.15) is 0 Å². The van der Waals surface area contributed by atoms with Crippen LogP contribution in [-0.4, -0.2) is 43.0 Å². The zero-order chi connectivity index (χ0) is 14.0. The van der Waals surface area contributed by atoms with Crippen LogP contribution in [0.4, 0.5) is 0 Å². The third-order valence-corrected chi connectivity index (χ3v) is 4.53. The van der Waals surface area contributed by atoms with Gasteiger partial charge in [-0.25, -0.2) is 0 Å². The van der Waals surface area contributed by atoms with Crippen LogP contribution in [0, 0.1) is 0 Å². The number of hydrogen-bond donors (Lipinski definition) is 1. The molecule has 1 saturated heterocycles. The molecule has 1 aliphatic heterocycles. The Morgan fingerprint density at radius 2 is 1.95 bits per heavy atom. The summed E-state index contributed by atoms with van der Waals surface area (Å²) in [6.07, 6.45) is 2.76. The molecule has 1 spiro atoms. The topological polar surface area (TPSA) is 47.7 Å². The van der Waals surface area contributed by atoms with Crippen molar-refractivity contribution >= 4 is 0 Å². The molecule has 2 aliphatic rings. The zero-order valence-corrected chi connectivity index (χ0v) is 12.1. The standard InChI is InChI=1S/C16H24N2O2/c1-18(12-13-5-3-2-4-6-13)15-11-16(8-7-14(15)17)19-9-10-20-16/h2-6,14-15H,7-12,17H2,1H3. The third-order valence-electron chi connectivity index (χ3n) is 4.53. The van der Waals surface area contributed by atoms with Crippen molar-refractivity contribution in [2.75, 3.05) is 20.3 Å². The van der Waals surface area contributed by atoms with Crippen molar-refractivity contribution < 1.29 is 9.47 Å². The van der Waals surface area contributed by atoms with E-state index in [1.165, 1.54) is 5.56 Å². The first-order chi connectivity index (χ1) is 9.69. The smallest absolute Gasteiger partial charge is 0.170 e. The van der Waals surface area contributed by atoms with Crippen LogP contribution in [0.1, 0.15) is 24.8 Å². The highest BCUT2D eigenvalue weighted by Gasteiger charge is 2.45. The summed E-state index contributed by atoms with van der Waals surface area (Å²) in [6.45, 7) is 2.34.